The number of hydrogen-bond acceptors (Lipinski definition) is 9. The van der Waals surface area contributed by atoms with Gasteiger partial charge in [-0.1, -0.05) is 12.1 Å². The number of ether oxygens (including phenoxy) is 2. The molecule has 13 heteroatoms. The smallest absolute Gasteiger partial charge is 0.408 e. The van der Waals surface area contributed by atoms with Crippen molar-refractivity contribution in [2.24, 2.45) is 5.73 Å². The van der Waals surface area contributed by atoms with Gasteiger partial charge in [-0.3, -0.25) is 9.59 Å². The second kappa shape index (κ2) is 12.8. The van der Waals surface area contributed by atoms with Crippen molar-refractivity contribution in [2.45, 2.75) is 64.6 Å². The molecule has 0 radical (unpaired) electrons. The molecule has 4 N–H and O–H groups in total. The standard InChI is InChI=1S/C19H27N3O5.C9H11N5/c1-19(2,3)27-18(25)21-14(10-16(20)23)17(24)22-9-8-12-6-5-7-15(26-4)13(12)11-22;1-2-4-14(3-1)9-7-8(11-5-10-7)12-6-13-9/h5-7,14H,8-11H2,1-4H3,(H2,20,23)(H,21,25);5-6H,1-4H2,(H,10,11,12,13). The summed E-state index contributed by atoms with van der Waals surface area (Å²) in [6, 6.07) is 4.68. The van der Waals surface area contributed by atoms with Gasteiger partial charge in [0.15, 0.2) is 11.5 Å². The zero-order valence-corrected chi connectivity index (χ0v) is 24.0. The molecule has 0 aliphatic carbocycles. The third-order valence-electron chi connectivity index (χ3n) is 6.76. The van der Waals surface area contributed by atoms with Crippen molar-refractivity contribution in [2.75, 3.05) is 31.6 Å². The number of amides is 3. The lowest BCUT2D eigenvalue weighted by Crippen LogP contribution is -2.52. The zero-order valence-electron chi connectivity index (χ0n) is 24.0. The topological polar surface area (TPSA) is 169 Å². The van der Waals surface area contributed by atoms with Crippen LogP contribution in [0.15, 0.2) is 30.9 Å². The number of imidazole rings is 1. The number of aromatic nitrogens is 4. The molecule has 1 unspecified atom stereocenters. The fraction of sp³-hybridized carbons (Fsp3) is 0.500. The molecule has 4 heterocycles. The number of nitrogens with two attached hydrogens (primary N) is 1. The van der Waals surface area contributed by atoms with Crippen LogP contribution in [0.2, 0.25) is 0 Å². The predicted octanol–water partition coefficient (Wildman–Crippen LogP) is 2.30. The average Bonchev–Trinajstić information content (AvgIpc) is 3.63. The summed E-state index contributed by atoms with van der Waals surface area (Å²) < 4.78 is 10.6. The van der Waals surface area contributed by atoms with Gasteiger partial charge in [-0.25, -0.2) is 19.7 Å². The summed E-state index contributed by atoms with van der Waals surface area (Å²) >= 11 is 0. The summed E-state index contributed by atoms with van der Waals surface area (Å²) in [5.74, 6) is 0.636. The summed E-state index contributed by atoms with van der Waals surface area (Å²) in [6.45, 7) is 8.13. The maximum Gasteiger partial charge on any atom is 0.408 e. The minimum Gasteiger partial charge on any atom is -0.496 e. The number of rotatable bonds is 6. The molecule has 1 fully saturated rings. The number of carbonyl (C=O) groups is 3. The Bertz CT molecular complexity index is 1370. The van der Waals surface area contributed by atoms with Crippen LogP contribution >= 0.6 is 0 Å². The van der Waals surface area contributed by atoms with Crippen molar-refractivity contribution in [1.82, 2.24) is 30.2 Å². The maximum atomic E-state index is 13.0. The lowest BCUT2D eigenvalue weighted by molar-refractivity contribution is -0.136. The molecular weight excluding hydrogens is 528 g/mol. The molecule has 13 nitrogen and oxygen atoms in total. The highest BCUT2D eigenvalue weighted by atomic mass is 16.6. The number of primary amides is 1. The molecule has 2 aliphatic heterocycles. The summed E-state index contributed by atoms with van der Waals surface area (Å²) in [7, 11) is 1.58. The average molecular weight is 567 g/mol. The highest BCUT2D eigenvalue weighted by Crippen LogP contribution is 2.28. The third-order valence-corrected chi connectivity index (χ3v) is 6.76. The lowest BCUT2D eigenvalue weighted by atomic mass is 9.98. The third kappa shape index (κ3) is 7.62. The Morgan fingerprint density at radius 1 is 1.12 bits per heavy atom. The van der Waals surface area contributed by atoms with Gasteiger partial charge in [-0.05, 0) is 51.7 Å². The summed E-state index contributed by atoms with van der Waals surface area (Å²) in [4.78, 5) is 55.9. The maximum absolute atomic E-state index is 13.0. The van der Waals surface area contributed by atoms with E-state index in [0.717, 1.165) is 41.2 Å². The number of aromatic amines is 1. The number of H-pyrrole nitrogens is 1. The minimum absolute atomic E-state index is 0.298. The molecule has 2 aliphatic rings. The summed E-state index contributed by atoms with van der Waals surface area (Å²) in [5, 5.41) is 2.47. The first-order chi connectivity index (χ1) is 19.6. The van der Waals surface area contributed by atoms with Gasteiger partial charge in [0, 0.05) is 31.7 Å². The fourth-order valence-electron chi connectivity index (χ4n) is 4.92. The normalized spacial score (nSPS) is 15.4. The van der Waals surface area contributed by atoms with E-state index in [1.807, 2.05) is 18.2 Å². The molecule has 1 saturated heterocycles. The Morgan fingerprint density at radius 2 is 1.88 bits per heavy atom. The van der Waals surface area contributed by atoms with E-state index in [-0.39, 0.29) is 12.3 Å². The predicted molar refractivity (Wildman–Crippen MR) is 152 cm³/mol. The molecule has 1 atom stereocenters. The molecule has 2 aromatic heterocycles. The Morgan fingerprint density at radius 3 is 2.56 bits per heavy atom. The van der Waals surface area contributed by atoms with Crippen molar-refractivity contribution < 1.29 is 23.9 Å². The van der Waals surface area contributed by atoms with Crippen LogP contribution in [-0.2, 0) is 27.3 Å². The quantitative estimate of drug-likeness (QED) is 0.405. The second-order valence-electron chi connectivity index (χ2n) is 11.0. The first-order valence-electron chi connectivity index (χ1n) is 13.7. The van der Waals surface area contributed by atoms with Crippen molar-refractivity contribution >= 4 is 34.9 Å². The number of fused-ring (bicyclic) bond motifs is 2. The van der Waals surface area contributed by atoms with E-state index in [1.165, 1.54) is 12.8 Å². The van der Waals surface area contributed by atoms with Crippen molar-refractivity contribution in [3.8, 4) is 5.75 Å². The first-order valence-corrected chi connectivity index (χ1v) is 13.7. The number of hydrogen-bond donors (Lipinski definition) is 3. The highest BCUT2D eigenvalue weighted by Gasteiger charge is 2.32. The largest absolute Gasteiger partial charge is 0.496 e. The first kappa shape index (κ1) is 29.6. The van der Waals surface area contributed by atoms with Crippen LogP contribution in [0.4, 0.5) is 10.6 Å². The van der Waals surface area contributed by atoms with Gasteiger partial charge < -0.3 is 35.3 Å². The van der Waals surface area contributed by atoms with E-state index in [9.17, 15) is 14.4 Å². The van der Waals surface area contributed by atoms with Crippen LogP contribution in [0, 0.1) is 0 Å². The van der Waals surface area contributed by atoms with Crippen LogP contribution in [0.1, 0.15) is 51.2 Å². The van der Waals surface area contributed by atoms with Gasteiger partial charge in [-0.15, -0.1) is 0 Å². The molecule has 0 saturated carbocycles. The highest BCUT2D eigenvalue weighted by molar-refractivity contribution is 5.90. The molecule has 5 rings (SSSR count). The molecule has 0 spiro atoms. The number of nitrogens with one attached hydrogen (secondary N) is 2. The zero-order chi connectivity index (χ0) is 29.6. The molecular formula is C28H38N8O5. The van der Waals surface area contributed by atoms with Crippen LogP contribution < -0.4 is 20.7 Å². The van der Waals surface area contributed by atoms with E-state index >= 15 is 0 Å². The van der Waals surface area contributed by atoms with E-state index in [4.69, 9.17) is 15.2 Å². The second-order valence-corrected chi connectivity index (χ2v) is 11.0. The Balaban J connectivity index is 0.000000228. The number of methoxy groups -OCH3 is 1. The summed E-state index contributed by atoms with van der Waals surface area (Å²) in [6.07, 6.45) is 5.34. The van der Waals surface area contributed by atoms with Crippen molar-refractivity contribution in [3.05, 3.63) is 42.0 Å². The number of benzene rings is 1. The summed E-state index contributed by atoms with van der Waals surface area (Å²) in [5.41, 5.74) is 8.29. The van der Waals surface area contributed by atoms with E-state index in [2.05, 4.69) is 30.2 Å². The van der Waals surface area contributed by atoms with Gasteiger partial charge in [0.05, 0.1) is 19.9 Å². The monoisotopic (exact) mass is 566 g/mol. The van der Waals surface area contributed by atoms with Gasteiger partial charge in [0.25, 0.3) is 0 Å². The number of alkyl carbamates (subject to hydrolysis) is 1. The fourth-order valence-corrected chi connectivity index (χ4v) is 4.92. The van der Waals surface area contributed by atoms with Crippen molar-refractivity contribution in [3.63, 3.8) is 0 Å². The van der Waals surface area contributed by atoms with Gasteiger partial charge in [0.2, 0.25) is 11.8 Å². The van der Waals surface area contributed by atoms with E-state index in [0.29, 0.717) is 25.3 Å². The number of nitrogens with zero attached hydrogens (tertiary/aromatic N) is 5. The van der Waals surface area contributed by atoms with Gasteiger partial charge in [0.1, 0.15) is 29.2 Å². The molecule has 3 amide bonds. The molecule has 220 valence electrons. The van der Waals surface area contributed by atoms with Gasteiger partial charge in [-0.2, -0.15) is 0 Å². The Hall–Kier alpha value is -4.42. The number of carbonyl (C=O) groups excluding carboxylic acids is 3. The minimum atomic E-state index is -1.08. The molecule has 3 aromatic rings. The Kier molecular flexibility index (Phi) is 9.25. The SMILES string of the molecule is COc1cccc2c1CN(C(=O)C(CC(N)=O)NC(=O)OC(C)(C)C)CC2.c1nc(N2CCCC2)c2[nH]cnc2n1. The van der Waals surface area contributed by atoms with E-state index < -0.39 is 23.6 Å². The lowest BCUT2D eigenvalue weighted by Gasteiger charge is -2.32. The Labute approximate surface area is 238 Å². The van der Waals surface area contributed by atoms with Crippen LogP contribution in [0.3, 0.4) is 0 Å². The van der Waals surface area contributed by atoms with E-state index in [1.54, 1.807) is 45.4 Å². The molecule has 41 heavy (non-hydrogen) atoms. The van der Waals surface area contributed by atoms with Crippen molar-refractivity contribution in [1.29, 1.82) is 0 Å². The number of anilines is 1. The van der Waals surface area contributed by atoms with Crippen LogP contribution in [-0.4, -0.2) is 81.1 Å². The molecule has 0 bridgehead atoms. The van der Waals surface area contributed by atoms with Gasteiger partial charge >= 0.3 is 6.09 Å². The van der Waals surface area contributed by atoms with Crippen LogP contribution in [0.5, 0.6) is 5.75 Å². The molecule has 1 aromatic carbocycles. The van der Waals surface area contributed by atoms with Crippen LogP contribution in [0.25, 0.3) is 11.2 Å².